The van der Waals surface area contributed by atoms with Gasteiger partial charge in [0.15, 0.2) is 6.10 Å². The molecule has 1 atom stereocenters. The van der Waals surface area contributed by atoms with Crippen molar-refractivity contribution in [1.29, 1.82) is 0 Å². The molecular formula is C28H33F3N2O4S. The molecule has 1 amide bonds. The molecule has 0 aromatic heterocycles. The summed E-state index contributed by atoms with van der Waals surface area (Å²) in [5, 5.41) is 9.94. The van der Waals surface area contributed by atoms with Crippen molar-refractivity contribution in [3.8, 4) is 0 Å². The van der Waals surface area contributed by atoms with Gasteiger partial charge in [0.25, 0.3) is 5.91 Å². The predicted molar refractivity (Wildman–Crippen MR) is 137 cm³/mol. The highest BCUT2D eigenvalue weighted by atomic mass is 32.2. The number of carbonyl (C=O) groups excluding carboxylic acids is 1. The third kappa shape index (κ3) is 4.98. The highest BCUT2D eigenvalue weighted by Crippen LogP contribution is 2.62. The average Bonchev–Trinajstić information content (AvgIpc) is 3.53. The average molecular weight is 551 g/mol. The molecule has 5 rings (SSSR count). The first-order valence-corrected chi connectivity index (χ1v) is 14.4. The fraction of sp³-hybridized carbons (Fsp3) is 0.536. The Morgan fingerprint density at radius 1 is 1.00 bits per heavy atom. The van der Waals surface area contributed by atoms with Crippen LogP contribution in [0.15, 0.2) is 47.4 Å². The fourth-order valence-electron chi connectivity index (χ4n) is 6.00. The molecule has 0 radical (unpaired) electrons. The van der Waals surface area contributed by atoms with Crippen molar-refractivity contribution >= 4 is 21.6 Å². The van der Waals surface area contributed by atoms with Crippen LogP contribution in [0.2, 0.25) is 0 Å². The zero-order chi connectivity index (χ0) is 27.7. The smallest absolute Gasteiger partial charge is 0.379 e. The van der Waals surface area contributed by atoms with Crippen LogP contribution < -0.4 is 9.62 Å². The Morgan fingerprint density at radius 2 is 1.63 bits per heavy atom. The first kappa shape index (κ1) is 27.1. The molecule has 1 heterocycles. The first-order chi connectivity index (χ1) is 17.5. The highest BCUT2D eigenvalue weighted by molar-refractivity contribution is 7.89. The number of aliphatic hydroxyl groups excluding tert-OH is 1. The lowest BCUT2D eigenvalue weighted by molar-refractivity contribution is -0.206. The maximum absolute atomic E-state index is 13.8. The van der Waals surface area contributed by atoms with Crippen LogP contribution in [-0.2, 0) is 15.4 Å². The minimum absolute atomic E-state index is 0.0376. The topological polar surface area (TPSA) is 86.7 Å². The van der Waals surface area contributed by atoms with Crippen molar-refractivity contribution in [3.63, 3.8) is 0 Å². The number of nitrogens with one attached hydrogen (secondary N) is 1. The second-order valence-electron chi connectivity index (χ2n) is 12.3. The number of anilines is 1. The van der Waals surface area contributed by atoms with Crippen LogP contribution >= 0.6 is 0 Å². The van der Waals surface area contributed by atoms with Gasteiger partial charge < -0.3 is 10.0 Å². The van der Waals surface area contributed by atoms with Gasteiger partial charge >= 0.3 is 6.18 Å². The van der Waals surface area contributed by atoms with E-state index in [9.17, 15) is 31.5 Å². The van der Waals surface area contributed by atoms with Crippen LogP contribution in [0.3, 0.4) is 0 Å². The minimum Gasteiger partial charge on any atom is -0.379 e. The highest BCUT2D eigenvalue weighted by Gasteiger charge is 2.54. The number of benzene rings is 2. The van der Waals surface area contributed by atoms with E-state index >= 15 is 0 Å². The molecule has 10 heteroatoms. The summed E-state index contributed by atoms with van der Waals surface area (Å²) in [6.45, 7) is 5.47. The summed E-state index contributed by atoms with van der Waals surface area (Å²) < 4.78 is 68.3. The second kappa shape index (κ2) is 8.79. The van der Waals surface area contributed by atoms with Gasteiger partial charge in [0, 0.05) is 28.7 Å². The standard InChI is InChI=1S/C28H33F3N2O4S/c1-25(2,3)32-38(36,37)20-6-4-5-19(15-20)24(35)33-17-27(13-11-26(9-10-26)12-14-27)21-16-18(7-8-22(21)33)23(34)28(29,30)31/h4-8,15-16,23,32,34H,9-14,17H2,1-3H3. The first-order valence-electron chi connectivity index (χ1n) is 12.9. The van der Waals surface area contributed by atoms with E-state index in [2.05, 4.69) is 4.72 Å². The number of alkyl halides is 3. The summed E-state index contributed by atoms with van der Waals surface area (Å²) in [5.41, 5.74) is 0.224. The van der Waals surface area contributed by atoms with Gasteiger partial charge in [-0.2, -0.15) is 13.2 Å². The van der Waals surface area contributed by atoms with Gasteiger partial charge in [0.2, 0.25) is 10.0 Å². The number of fused-ring (bicyclic) bond motifs is 2. The van der Waals surface area contributed by atoms with Crippen LogP contribution in [0.1, 0.15) is 86.9 Å². The number of aliphatic hydroxyl groups is 1. The number of amides is 1. The maximum Gasteiger partial charge on any atom is 0.418 e. The number of hydrogen-bond donors (Lipinski definition) is 2. The van der Waals surface area contributed by atoms with Crippen molar-refractivity contribution < 1.29 is 31.5 Å². The van der Waals surface area contributed by atoms with Gasteiger partial charge in [0.1, 0.15) is 0 Å². The molecule has 3 aliphatic rings. The quantitative estimate of drug-likeness (QED) is 0.518. The van der Waals surface area contributed by atoms with E-state index in [1.807, 2.05) is 0 Å². The van der Waals surface area contributed by atoms with Gasteiger partial charge in [-0.25, -0.2) is 13.1 Å². The van der Waals surface area contributed by atoms with Crippen LogP contribution in [-0.4, -0.2) is 37.7 Å². The van der Waals surface area contributed by atoms with Crippen LogP contribution in [0.25, 0.3) is 0 Å². The zero-order valence-electron chi connectivity index (χ0n) is 21.7. The van der Waals surface area contributed by atoms with Crippen LogP contribution in [0.5, 0.6) is 0 Å². The summed E-state index contributed by atoms with van der Waals surface area (Å²) in [6.07, 6.45) is -1.68. The van der Waals surface area contributed by atoms with Crippen molar-refractivity contribution in [3.05, 3.63) is 59.2 Å². The zero-order valence-corrected chi connectivity index (χ0v) is 22.5. The molecule has 0 bridgehead atoms. The van der Waals surface area contributed by atoms with Crippen molar-refractivity contribution in [2.45, 2.75) is 87.4 Å². The van der Waals surface area contributed by atoms with Crippen molar-refractivity contribution in [2.24, 2.45) is 5.41 Å². The maximum atomic E-state index is 13.8. The monoisotopic (exact) mass is 550 g/mol. The minimum atomic E-state index is -4.80. The lowest BCUT2D eigenvalue weighted by Gasteiger charge is -2.38. The molecule has 2 aliphatic carbocycles. The molecule has 1 aliphatic heterocycles. The Bertz CT molecular complexity index is 1370. The second-order valence-corrected chi connectivity index (χ2v) is 14.0. The van der Waals surface area contributed by atoms with Crippen LogP contribution in [0, 0.1) is 5.41 Å². The Labute approximate surface area is 221 Å². The normalized spacial score (nSPS) is 21.0. The molecular weight excluding hydrogens is 517 g/mol. The number of hydrogen-bond acceptors (Lipinski definition) is 4. The Kier molecular flexibility index (Phi) is 6.28. The summed E-state index contributed by atoms with van der Waals surface area (Å²) in [5.74, 6) is -0.410. The molecule has 2 aromatic rings. The van der Waals surface area contributed by atoms with Gasteiger partial charge in [-0.15, -0.1) is 0 Å². The van der Waals surface area contributed by atoms with Crippen LogP contribution in [0.4, 0.5) is 18.9 Å². The number of nitrogens with zero attached hydrogens (tertiary/aromatic N) is 1. The third-order valence-corrected chi connectivity index (χ3v) is 10.0. The summed E-state index contributed by atoms with van der Waals surface area (Å²) in [7, 11) is -3.88. The summed E-state index contributed by atoms with van der Waals surface area (Å²) in [4.78, 5) is 15.3. The van der Waals surface area contributed by atoms with E-state index in [1.54, 1.807) is 31.7 Å². The molecule has 2 aromatic carbocycles. The molecule has 206 valence electrons. The SMILES string of the molecule is CC(C)(C)NS(=O)(=O)c1cccc(C(=O)N2CC3(CCC4(CC4)CC3)c3cc(C(O)C(F)(F)F)ccc32)c1. The number of rotatable bonds is 4. The van der Waals surface area contributed by atoms with E-state index in [1.165, 1.54) is 36.4 Å². The molecule has 1 unspecified atom stereocenters. The van der Waals surface area contributed by atoms with E-state index in [-0.39, 0.29) is 16.0 Å². The molecule has 2 N–H and O–H groups in total. The molecule has 2 spiro atoms. The number of carbonyl (C=O) groups is 1. The summed E-state index contributed by atoms with van der Waals surface area (Å²) >= 11 is 0. The third-order valence-electron chi connectivity index (χ3n) is 8.27. The lowest BCUT2D eigenvalue weighted by Crippen LogP contribution is -2.41. The van der Waals surface area contributed by atoms with Gasteiger partial charge in [-0.1, -0.05) is 18.2 Å². The molecule has 38 heavy (non-hydrogen) atoms. The predicted octanol–water partition coefficient (Wildman–Crippen LogP) is 5.61. The van der Waals surface area contributed by atoms with E-state index in [4.69, 9.17) is 0 Å². The van der Waals surface area contributed by atoms with Crippen molar-refractivity contribution in [1.82, 2.24) is 4.72 Å². The Balaban J connectivity index is 1.51. The van der Waals surface area contributed by atoms with E-state index in [0.717, 1.165) is 38.5 Å². The van der Waals surface area contributed by atoms with Crippen molar-refractivity contribution in [2.75, 3.05) is 11.4 Å². The van der Waals surface area contributed by atoms with Gasteiger partial charge in [0.05, 0.1) is 4.90 Å². The van der Waals surface area contributed by atoms with Gasteiger partial charge in [-0.05, 0) is 100 Å². The number of halogens is 3. The molecule has 6 nitrogen and oxygen atoms in total. The van der Waals surface area contributed by atoms with E-state index in [0.29, 0.717) is 23.2 Å². The molecule has 0 saturated heterocycles. The molecule has 2 fully saturated rings. The lowest BCUT2D eigenvalue weighted by atomic mass is 9.66. The largest absolute Gasteiger partial charge is 0.418 e. The Hall–Kier alpha value is -2.43. The number of sulfonamides is 1. The van der Waals surface area contributed by atoms with E-state index < -0.39 is 39.2 Å². The molecule has 2 saturated carbocycles. The van der Waals surface area contributed by atoms with Gasteiger partial charge in [-0.3, -0.25) is 4.79 Å². The Morgan fingerprint density at radius 3 is 2.21 bits per heavy atom. The fourth-order valence-corrected chi connectivity index (χ4v) is 7.47. The summed E-state index contributed by atoms with van der Waals surface area (Å²) in [6, 6.07) is 9.93.